The SMILES string of the molecule is O=C(NCC(=O)N1CCN(c2ccc(OC(=O)c3ccccc3)cc2)CC1)c1ccnc([18F])c1. The lowest BCUT2D eigenvalue weighted by molar-refractivity contribution is -0.130. The van der Waals surface area contributed by atoms with Crippen LogP contribution in [0, 0.1) is 5.95 Å². The number of piperazine rings is 1. The Bertz CT molecular complexity index is 1160. The standard InChI is InChI=1S/C25H23FN4O4/c26-22-16-19(10-11-27-22)24(32)28-17-23(31)30-14-12-29(13-15-30)20-6-8-21(9-7-20)34-25(33)18-4-2-1-3-5-18/h1-11,16H,12-15,17H2,(H,28,32)/i26-1. The molecule has 0 unspecified atom stereocenters. The lowest BCUT2D eigenvalue weighted by atomic mass is 10.2. The molecular formula is C25H23FN4O4. The molecule has 0 atom stereocenters. The second-order valence-corrected chi connectivity index (χ2v) is 7.67. The number of carbonyl (C=O) groups is 3. The van der Waals surface area contributed by atoms with E-state index >= 15 is 0 Å². The predicted molar refractivity (Wildman–Crippen MR) is 123 cm³/mol. The highest BCUT2D eigenvalue weighted by atomic mass is 18.2. The minimum Gasteiger partial charge on any atom is -0.423 e. The van der Waals surface area contributed by atoms with Crippen LogP contribution in [0.2, 0.25) is 0 Å². The van der Waals surface area contributed by atoms with Gasteiger partial charge in [-0.3, -0.25) is 9.59 Å². The Labute approximate surface area is 196 Å². The van der Waals surface area contributed by atoms with E-state index in [1.165, 1.54) is 12.3 Å². The van der Waals surface area contributed by atoms with Gasteiger partial charge in [0.05, 0.1) is 12.1 Å². The number of hydrogen-bond acceptors (Lipinski definition) is 6. The summed E-state index contributed by atoms with van der Waals surface area (Å²) in [4.78, 5) is 43.9. The second-order valence-electron chi connectivity index (χ2n) is 7.67. The van der Waals surface area contributed by atoms with Gasteiger partial charge in [0.25, 0.3) is 5.91 Å². The minimum atomic E-state index is -0.752. The smallest absolute Gasteiger partial charge is 0.343 e. The van der Waals surface area contributed by atoms with Crippen LogP contribution in [0.15, 0.2) is 72.9 Å². The molecule has 0 aliphatic carbocycles. The van der Waals surface area contributed by atoms with Crippen molar-refractivity contribution in [2.75, 3.05) is 37.6 Å². The molecule has 1 saturated heterocycles. The molecule has 9 heteroatoms. The Morgan fingerprint density at radius 3 is 2.29 bits per heavy atom. The van der Waals surface area contributed by atoms with Crippen molar-refractivity contribution in [3.05, 3.63) is 90.0 Å². The lowest BCUT2D eigenvalue weighted by Crippen LogP contribution is -2.51. The van der Waals surface area contributed by atoms with Crippen molar-refractivity contribution in [1.82, 2.24) is 15.2 Å². The van der Waals surface area contributed by atoms with E-state index in [0.29, 0.717) is 37.5 Å². The number of aromatic nitrogens is 1. The molecule has 1 aliphatic rings. The zero-order chi connectivity index (χ0) is 23.9. The van der Waals surface area contributed by atoms with Gasteiger partial charge in [0, 0.05) is 49.7 Å². The number of pyridine rings is 1. The van der Waals surface area contributed by atoms with Gasteiger partial charge in [0.2, 0.25) is 11.9 Å². The summed E-state index contributed by atoms with van der Waals surface area (Å²) in [5, 5.41) is 2.52. The molecule has 1 N–H and O–H groups in total. The molecule has 1 fully saturated rings. The summed E-state index contributed by atoms with van der Waals surface area (Å²) < 4.78 is 18.6. The molecule has 2 amide bonds. The van der Waals surface area contributed by atoms with Crippen LogP contribution in [-0.2, 0) is 4.79 Å². The number of esters is 1. The maximum Gasteiger partial charge on any atom is 0.343 e. The van der Waals surface area contributed by atoms with Crippen molar-refractivity contribution in [3.63, 3.8) is 0 Å². The maximum atomic E-state index is 13.1. The maximum absolute atomic E-state index is 13.1. The zero-order valence-corrected chi connectivity index (χ0v) is 18.3. The summed E-state index contributed by atoms with van der Waals surface area (Å²) in [5.74, 6) is -1.44. The number of carbonyl (C=O) groups excluding carboxylic acids is 3. The number of nitrogens with zero attached hydrogens (tertiary/aromatic N) is 3. The van der Waals surface area contributed by atoms with Gasteiger partial charge in [0.15, 0.2) is 0 Å². The third-order valence-corrected chi connectivity index (χ3v) is 5.44. The van der Waals surface area contributed by atoms with Gasteiger partial charge in [-0.15, -0.1) is 0 Å². The number of nitrogens with one attached hydrogen (secondary N) is 1. The zero-order valence-electron chi connectivity index (χ0n) is 18.3. The first-order valence-electron chi connectivity index (χ1n) is 10.8. The van der Waals surface area contributed by atoms with Gasteiger partial charge in [-0.05, 0) is 42.5 Å². The van der Waals surface area contributed by atoms with E-state index < -0.39 is 17.8 Å². The van der Waals surface area contributed by atoms with Crippen LogP contribution in [0.5, 0.6) is 5.75 Å². The van der Waals surface area contributed by atoms with Crippen LogP contribution in [0.3, 0.4) is 0 Å². The lowest BCUT2D eigenvalue weighted by Gasteiger charge is -2.36. The van der Waals surface area contributed by atoms with E-state index in [4.69, 9.17) is 4.74 Å². The van der Waals surface area contributed by atoms with Crippen LogP contribution < -0.4 is 15.0 Å². The van der Waals surface area contributed by atoms with Gasteiger partial charge >= 0.3 is 5.97 Å². The molecule has 4 rings (SSSR count). The predicted octanol–water partition coefficient (Wildman–Crippen LogP) is 2.52. The highest BCUT2D eigenvalue weighted by Gasteiger charge is 2.22. The molecule has 0 radical (unpaired) electrons. The molecule has 1 aromatic heterocycles. The van der Waals surface area contributed by atoms with Gasteiger partial charge in [-0.2, -0.15) is 4.39 Å². The molecule has 34 heavy (non-hydrogen) atoms. The van der Waals surface area contributed by atoms with E-state index in [1.54, 1.807) is 41.3 Å². The first-order valence-corrected chi connectivity index (χ1v) is 10.8. The van der Waals surface area contributed by atoms with Gasteiger partial charge in [0.1, 0.15) is 5.75 Å². The highest BCUT2D eigenvalue weighted by Crippen LogP contribution is 2.21. The molecule has 3 aromatic rings. The summed E-state index contributed by atoms with van der Waals surface area (Å²) >= 11 is 0. The molecular weight excluding hydrogens is 438 g/mol. The van der Waals surface area contributed by atoms with Crippen LogP contribution in [0.4, 0.5) is 10.1 Å². The summed E-state index contributed by atoms with van der Waals surface area (Å²) in [6, 6.07) is 18.4. The van der Waals surface area contributed by atoms with Crippen LogP contribution in [-0.4, -0.2) is 60.4 Å². The van der Waals surface area contributed by atoms with Crippen LogP contribution >= 0.6 is 0 Å². The minimum absolute atomic E-state index is 0.114. The van der Waals surface area contributed by atoms with E-state index in [1.807, 2.05) is 18.2 Å². The summed E-state index contributed by atoms with van der Waals surface area (Å²) in [6.45, 7) is 2.09. The molecule has 0 spiro atoms. The number of amides is 2. The van der Waals surface area contributed by atoms with Crippen molar-refractivity contribution < 1.29 is 23.5 Å². The monoisotopic (exact) mass is 461 g/mol. The Morgan fingerprint density at radius 2 is 1.62 bits per heavy atom. The average Bonchev–Trinajstić information content (AvgIpc) is 2.88. The van der Waals surface area contributed by atoms with Crippen molar-refractivity contribution in [2.24, 2.45) is 0 Å². The molecule has 2 aromatic carbocycles. The van der Waals surface area contributed by atoms with Crippen LogP contribution in [0.1, 0.15) is 20.7 Å². The first-order chi connectivity index (χ1) is 16.5. The van der Waals surface area contributed by atoms with Gasteiger partial charge < -0.3 is 19.9 Å². The number of rotatable bonds is 6. The summed E-state index contributed by atoms with van der Waals surface area (Å²) in [6.07, 6.45) is 1.20. The molecule has 2 heterocycles. The van der Waals surface area contributed by atoms with E-state index in [-0.39, 0.29) is 18.0 Å². The fraction of sp³-hybridized carbons (Fsp3) is 0.200. The number of ether oxygens (including phenoxy) is 1. The molecule has 174 valence electrons. The average molecular weight is 461 g/mol. The highest BCUT2D eigenvalue weighted by molar-refractivity contribution is 5.96. The third-order valence-electron chi connectivity index (χ3n) is 5.44. The van der Waals surface area contributed by atoms with E-state index in [2.05, 4.69) is 15.2 Å². The van der Waals surface area contributed by atoms with Crippen molar-refractivity contribution in [3.8, 4) is 5.75 Å². The summed E-state index contributed by atoms with van der Waals surface area (Å²) in [5.41, 5.74) is 1.55. The second kappa shape index (κ2) is 10.6. The molecule has 0 bridgehead atoms. The Balaban J connectivity index is 1.24. The Hall–Kier alpha value is -4.27. The molecule has 1 aliphatic heterocycles. The largest absolute Gasteiger partial charge is 0.423 e. The fourth-order valence-electron chi connectivity index (χ4n) is 3.59. The fourth-order valence-corrected chi connectivity index (χ4v) is 3.59. The quantitative estimate of drug-likeness (QED) is 0.345. The molecule has 0 saturated carbocycles. The van der Waals surface area contributed by atoms with Crippen molar-refractivity contribution >= 4 is 23.5 Å². The Morgan fingerprint density at radius 1 is 0.912 bits per heavy atom. The molecule has 8 nitrogen and oxygen atoms in total. The van der Waals surface area contributed by atoms with E-state index in [0.717, 1.165) is 11.8 Å². The van der Waals surface area contributed by atoms with Crippen molar-refractivity contribution in [2.45, 2.75) is 0 Å². The van der Waals surface area contributed by atoms with Gasteiger partial charge in [-0.25, -0.2) is 9.78 Å². The topological polar surface area (TPSA) is 91.8 Å². The number of hydrogen-bond donors (Lipinski definition) is 1. The normalized spacial score (nSPS) is 13.3. The van der Waals surface area contributed by atoms with Crippen molar-refractivity contribution in [1.29, 1.82) is 0 Å². The first kappa shape index (κ1) is 22.9. The third kappa shape index (κ3) is 5.74. The van der Waals surface area contributed by atoms with E-state index in [9.17, 15) is 18.8 Å². The Kier molecular flexibility index (Phi) is 7.12. The number of benzene rings is 2. The number of anilines is 1. The number of halogens is 1. The van der Waals surface area contributed by atoms with Gasteiger partial charge in [-0.1, -0.05) is 18.2 Å². The van der Waals surface area contributed by atoms with Crippen LogP contribution in [0.25, 0.3) is 0 Å². The summed E-state index contributed by atoms with van der Waals surface area (Å²) in [7, 11) is 0.